The lowest BCUT2D eigenvalue weighted by atomic mass is 9.86. The zero-order chi connectivity index (χ0) is 21.1. The molecule has 2 unspecified atom stereocenters. The first-order chi connectivity index (χ1) is 14.5. The Morgan fingerprint density at radius 2 is 1.90 bits per heavy atom. The van der Waals surface area contributed by atoms with Crippen LogP contribution in [0.3, 0.4) is 0 Å². The molecule has 6 heteroatoms. The molecule has 0 saturated heterocycles. The second kappa shape index (κ2) is 8.69. The Balaban J connectivity index is 1.58. The number of nitrogens with zero attached hydrogens (tertiary/aromatic N) is 1. The van der Waals surface area contributed by atoms with E-state index in [-0.39, 0.29) is 29.8 Å². The summed E-state index contributed by atoms with van der Waals surface area (Å²) >= 11 is 0. The van der Waals surface area contributed by atoms with Crippen molar-refractivity contribution in [1.82, 2.24) is 5.32 Å². The molecule has 0 bridgehead atoms. The summed E-state index contributed by atoms with van der Waals surface area (Å²) < 4.78 is 19.8. The highest BCUT2D eigenvalue weighted by molar-refractivity contribution is 6.12. The Morgan fingerprint density at radius 1 is 1.17 bits per heavy atom. The summed E-state index contributed by atoms with van der Waals surface area (Å²) in [6.45, 7) is 2.03. The average molecular weight is 408 g/mol. The number of anilines is 1. The predicted molar refractivity (Wildman–Crippen MR) is 113 cm³/mol. The Kier molecular flexibility index (Phi) is 5.84. The van der Waals surface area contributed by atoms with Gasteiger partial charge in [-0.2, -0.15) is 0 Å². The zero-order valence-electron chi connectivity index (χ0n) is 16.9. The Hall–Kier alpha value is -3.15. The van der Waals surface area contributed by atoms with Crippen LogP contribution in [0, 0.1) is 11.7 Å². The number of rotatable bonds is 4. The van der Waals surface area contributed by atoms with Gasteiger partial charge < -0.3 is 10.1 Å². The van der Waals surface area contributed by atoms with Gasteiger partial charge in [0, 0.05) is 11.6 Å². The fraction of sp³-hybridized carbons (Fsp3) is 0.333. The van der Waals surface area contributed by atoms with Crippen LogP contribution in [0.15, 0.2) is 54.3 Å². The van der Waals surface area contributed by atoms with Gasteiger partial charge in [-0.05, 0) is 43.0 Å². The van der Waals surface area contributed by atoms with Crippen molar-refractivity contribution in [2.24, 2.45) is 5.92 Å². The van der Waals surface area contributed by atoms with Crippen LogP contribution in [-0.2, 0) is 9.59 Å². The molecular weight excluding hydrogens is 383 g/mol. The molecule has 156 valence electrons. The van der Waals surface area contributed by atoms with Gasteiger partial charge in [0.15, 0.2) is 11.5 Å². The second-order valence-corrected chi connectivity index (χ2v) is 7.93. The minimum absolute atomic E-state index is 0.0161. The molecule has 1 aliphatic heterocycles. The summed E-state index contributed by atoms with van der Waals surface area (Å²) in [6.07, 6.45) is 5.72. The maximum Gasteiger partial charge on any atom is 0.294 e. The SMILES string of the molecule is CC1CCCCC1NC(=O)CN1C(=O)C(=Cc2ccccc2F)Oc2ccccc21. The molecule has 1 fully saturated rings. The van der Waals surface area contributed by atoms with Crippen LogP contribution in [0.5, 0.6) is 5.75 Å². The molecule has 0 aromatic heterocycles. The number of ether oxygens (including phenoxy) is 1. The summed E-state index contributed by atoms with van der Waals surface area (Å²) in [5.74, 6) is -0.258. The van der Waals surface area contributed by atoms with Gasteiger partial charge in [0.2, 0.25) is 5.91 Å². The van der Waals surface area contributed by atoms with Crippen molar-refractivity contribution in [3.8, 4) is 5.75 Å². The minimum atomic E-state index is -0.469. The van der Waals surface area contributed by atoms with Gasteiger partial charge in [-0.15, -0.1) is 0 Å². The van der Waals surface area contributed by atoms with Gasteiger partial charge in [-0.1, -0.05) is 50.1 Å². The first kappa shape index (κ1) is 20.1. The Bertz CT molecular complexity index is 988. The standard InChI is InChI=1S/C24H25FN2O3/c1-16-8-2-5-11-19(16)26-23(28)15-27-20-12-6-7-13-21(20)30-22(24(27)29)14-17-9-3-4-10-18(17)25/h3-4,6-7,9-10,12-14,16,19H,2,5,8,11,15H2,1H3,(H,26,28). The van der Waals surface area contributed by atoms with Gasteiger partial charge in [-0.3, -0.25) is 14.5 Å². The van der Waals surface area contributed by atoms with Crippen molar-refractivity contribution >= 4 is 23.6 Å². The summed E-state index contributed by atoms with van der Waals surface area (Å²) in [5.41, 5.74) is 0.778. The van der Waals surface area contributed by atoms with Gasteiger partial charge in [0.25, 0.3) is 5.91 Å². The molecule has 2 aromatic rings. The molecule has 2 aromatic carbocycles. The molecule has 0 spiro atoms. The van der Waals surface area contributed by atoms with E-state index in [0.29, 0.717) is 17.4 Å². The van der Waals surface area contributed by atoms with Crippen LogP contribution in [0.25, 0.3) is 6.08 Å². The van der Waals surface area contributed by atoms with E-state index in [1.807, 2.05) is 0 Å². The van der Waals surface area contributed by atoms with E-state index in [4.69, 9.17) is 4.74 Å². The molecule has 2 atom stereocenters. The topological polar surface area (TPSA) is 58.6 Å². The fourth-order valence-electron chi connectivity index (χ4n) is 4.08. The van der Waals surface area contributed by atoms with Crippen molar-refractivity contribution in [3.63, 3.8) is 0 Å². The van der Waals surface area contributed by atoms with Crippen LogP contribution in [0.2, 0.25) is 0 Å². The number of para-hydroxylation sites is 2. The van der Waals surface area contributed by atoms with Gasteiger partial charge in [0.1, 0.15) is 12.4 Å². The lowest BCUT2D eigenvalue weighted by Gasteiger charge is -2.32. The summed E-state index contributed by atoms with van der Waals surface area (Å²) in [4.78, 5) is 27.3. The van der Waals surface area contributed by atoms with Crippen molar-refractivity contribution in [2.45, 2.75) is 38.6 Å². The van der Waals surface area contributed by atoms with E-state index in [1.54, 1.807) is 42.5 Å². The summed E-state index contributed by atoms with van der Waals surface area (Å²) in [7, 11) is 0. The predicted octanol–water partition coefficient (Wildman–Crippen LogP) is 4.29. The molecule has 1 saturated carbocycles. The maximum absolute atomic E-state index is 14.1. The number of carbonyl (C=O) groups excluding carboxylic acids is 2. The van der Waals surface area contributed by atoms with Crippen LogP contribution in [0.1, 0.15) is 38.2 Å². The third-order valence-electron chi connectivity index (χ3n) is 5.78. The molecule has 2 aliphatic rings. The number of hydrogen-bond donors (Lipinski definition) is 1. The number of benzene rings is 2. The van der Waals surface area contributed by atoms with Gasteiger partial charge in [0.05, 0.1) is 5.69 Å². The molecule has 1 heterocycles. The van der Waals surface area contributed by atoms with Crippen molar-refractivity contribution in [3.05, 3.63) is 65.7 Å². The molecule has 0 radical (unpaired) electrons. The smallest absolute Gasteiger partial charge is 0.294 e. The van der Waals surface area contributed by atoms with E-state index in [2.05, 4.69) is 12.2 Å². The fourth-order valence-corrected chi connectivity index (χ4v) is 4.08. The first-order valence-electron chi connectivity index (χ1n) is 10.4. The number of fused-ring (bicyclic) bond motifs is 1. The van der Waals surface area contributed by atoms with E-state index in [9.17, 15) is 14.0 Å². The van der Waals surface area contributed by atoms with E-state index in [1.165, 1.54) is 23.5 Å². The quantitative estimate of drug-likeness (QED) is 0.768. The van der Waals surface area contributed by atoms with Crippen LogP contribution in [-0.4, -0.2) is 24.4 Å². The molecular formula is C24H25FN2O3. The van der Waals surface area contributed by atoms with E-state index in [0.717, 1.165) is 19.3 Å². The molecule has 2 amide bonds. The molecule has 1 aliphatic carbocycles. The maximum atomic E-state index is 14.1. The Labute approximate surface area is 175 Å². The van der Waals surface area contributed by atoms with E-state index < -0.39 is 11.7 Å². The number of hydrogen-bond acceptors (Lipinski definition) is 3. The van der Waals surface area contributed by atoms with Crippen molar-refractivity contribution in [2.75, 3.05) is 11.4 Å². The lowest BCUT2D eigenvalue weighted by molar-refractivity contribution is -0.124. The number of halogens is 1. The first-order valence-corrected chi connectivity index (χ1v) is 10.4. The molecule has 5 nitrogen and oxygen atoms in total. The lowest BCUT2D eigenvalue weighted by Crippen LogP contribution is -2.48. The highest BCUT2D eigenvalue weighted by Crippen LogP contribution is 2.35. The monoisotopic (exact) mass is 408 g/mol. The third-order valence-corrected chi connectivity index (χ3v) is 5.78. The van der Waals surface area contributed by atoms with Crippen LogP contribution >= 0.6 is 0 Å². The third kappa shape index (κ3) is 4.22. The number of carbonyl (C=O) groups is 2. The average Bonchev–Trinajstić information content (AvgIpc) is 2.74. The minimum Gasteiger partial charge on any atom is -0.449 e. The van der Waals surface area contributed by atoms with Gasteiger partial charge in [-0.25, -0.2) is 4.39 Å². The normalized spacial score (nSPS) is 22.4. The Morgan fingerprint density at radius 3 is 2.70 bits per heavy atom. The van der Waals surface area contributed by atoms with E-state index >= 15 is 0 Å². The zero-order valence-corrected chi connectivity index (χ0v) is 16.9. The number of amides is 2. The molecule has 4 rings (SSSR count). The van der Waals surface area contributed by atoms with Crippen molar-refractivity contribution < 1.29 is 18.7 Å². The molecule has 30 heavy (non-hydrogen) atoms. The van der Waals surface area contributed by atoms with Gasteiger partial charge >= 0.3 is 0 Å². The summed E-state index contributed by atoms with van der Waals surface area (Å²) in [5, 5.41) is 3.09. The number of nitrogens with one attached hydrogen (secondary N) is 1. The van der Waals surface area contributed by atoms with Crippen molar-refractivity contribution in [1.29, 1.82) is 0 Å². The second-order valence-electron chi connectivity index (χ2n) is 7.93. The molecule has 1 N–H and O–H groups in total. The summed E-state index contributed by atoms with van der Waals surface area (Å²) in [6, 6.07) is 13.3. The highest BCUT2D eigenvalue weighted by Gasteiger charge is 2.32. The van der Waals surface area contributed by atoms with Crippen LogP contribution < -0.4 is 15.0 Å². The van der Waals surface area contributed by atoms with Crippen LogP contribution in [0.4, 0.5) is 10.1 Å². The highest BCUT2D eigenvalue weighted by atomic mass is 19.1. The largest absolute Gasteiger partial charge is 0.449 e.